The largest absolute Gasteiger partial charge is 0.518 e. The van der Waals surface area contributed by atoms with Crippen LogP contribution in [0, 0.1) is 34.0 Å². The first-order valence-corrected chi connectivity index (χ1v) is 49.2. The van der Waals surface area contributed by atoms with Crippen LogP contribution in [0.5, 0.6) is 0 Å². The summed E-state index contributed by atoms with van der Waals surface area (Å²) in [6, 6.07) is 0. The Hall–Kier alpha value is 4.49. The molecule has 13 unspecified atom stereocenters. The predicted molar refractivity (Wildman–Crippen MR) is 354 cm³/mol. The first kappa shape index (κ1) is 66.0. The SMILES string of the molecule is CCO[Si](OCC)(OCC)C1(S(S)(SS)C2CCCC2(S(S)(SS)C2([Si](OCC)(OCC)OCC)CC3CCC2(CC)C3)S(S)(SS)C2([Si](OCC)(OCC)OCC)CC3CCC2(CC)C3)CC2CCC1(CC)C2. The number of fused-ring (bicyclic) bond motifs is 6. The van der Waals surface area contributed by atoms with Gasteiger partial charge >= 0.3 is 26.4 Å². The molecule has 0 radical (unpaired) electrons. The molecule has 7 rings (SSSR count). The van der Waals surface area contributed by atoms with Crippen LogP contribution in [0.3, 0.4) is 0 Å². The Morgan fingerprint density at radius 1 is 0.392 bits per heavy atom. The number of rotatable bonds is 33. The zero-order chi connectivity index (χ0) is 54.4. The van der Waals surface area contributed by atoms with Crippen LogP contribution in [0.25, 0.3) is 0 Å². The van der Waals surface area contributed by atoms with E-state index in [1.54, 1.807) is 29.5 Å². The number of thiol groups is 6. The smallest absolute Gasteiger partial charge is 0.373 e. The molecule has 7 fully saturated rings. The molecule has 0 aromatic carbocycles. The Kier molecular flexibility index (Phi) is 22.7. The average Bonchev–Trinajstić information content (AvgIpc) is 4.29. The molecule has 0 N–H and O–H groups in total. The van der Waals surface area contributed by atoms with Crippen molar-refractivity contribution in [3.8, 4) is 0 Å². The topological polar surface area (TPSA) is 83.1 Å². The molecule has 7 aliphatic rings. The fourth-order valence-corrected chi connectivity index (χ4v) is 85.9. The van der Waals surface area contributed by atoms with Crippen LogP contribution in [0.15, 0.2) is 0 Å². The van der Waals surface area contributed by atoms with E-state index in [1.165, 1.54) is 19.3 Å². The van der Waals surface area contributed by atoms with Gasteiger partial charge in [0.05, 0.1) is 17.2 Å². The summed E-state index contributed by atoms with van der Waals surface area (Å²) in [5.41, 5.74) is -0.606. The molecule has 6 bridgehead atoms. The van der Waals surface area contributed by atoms with Crippen molar-refractivity contribution in [1.29, 1.82) is 0 Å². The molecule has 0 aromatic rings. The lowest BCUT2D eigenvalue weighted by molar-refractivity contribution is 0.0331. The molecular weight excluding hydrogens is 1210 g/mol. The maximum atomic E-state index is 7.62. The van der Waals surface area contributed by atoms with Crippen molar-refractivity contribution in [2.75, 3.05) is 59.5 Å². The van der Waals surface area contributed by atoms with Crippen LogP contribution >= 0.6 is 124 Å². The molecule has 0 heterocycles. The van der Waals surface area contributed by atoms with Crippen LogP contribution < -0.4 is 0 Å². The van der Waals surface area contributed by atoms with Crippen molar-refractivity contribution >= 4 is 150 Å². The molecule has 438 valence electrons. The van der Waals surface area contributed by atoms with Crippen molar-refractivity contribution in [1.82, 2.24) is 0 Å². The fourth-order valence-electron chi connectivity index (χ4n) is 18.6. The van der Waals surface area contributed by atoms with Crippen molar-refractivity contribution in [2.24, 2.45) is 34.0 Å². The third-order valence-electron chi connectivity index (χ3n) is 20.5. The van der Waals surface area contributed by atoms with Gasteiger partial charge in [-0.1, -0.05) is 20.8 Å². The van der Waals surface area contributed by atoms with Gasteiger partial charge in [-0.2, -0.15) is 0 Å². The number of hydrogen-bond donors (Lipinski definition) is 6. The van der Waals surface area contributed by atoms with Gasteiger partial charge in [-0.05, 0) is 241 Å². The summed E-state index contributed by atoms with van der Waals surface area (Å²) in [7, 11) is -14.0. The molecule has 0 aliphatic heterocycles. The van der Waals surface area contributed by atoms with E-state index in [1.807, 2.05) is 0 Å². The van der Waals surface area contributed by atoms with Crippen LogP contribution in [0.1, 0.15) is 199 Å². The first-order chi connectivity index (χ1) is 35.4. The minimum atomic E-state index is -3.83. The molecule has 0 saturated heterocycles. The maximum Gasteiger partial charge on any atom is 0.518 e. The van der Waals surface area contributed by atoms with Gasteiger partial charge in [-0.15, -0.1) is 94.2 Å². The van der Waals surface area contributed by atoms with Gasteiger partial charge in [0.25, 0.3) is 0 Å². The second kappa shape index (κ2) is 25.4. The first-order valence-electron chi connectivity index (χ1n) is 28.7. The summed E-state index contributed by atoms with van der Waals surface area (Å²) >= 11 is 38.4. The Morgan fingerprint density at radius 3 is 0.932 bits per heavy atom. The van der Waals surface area contributed by atoms with E-state index in [9.17, 15) is 0 Å². The highest BCUT2D eigenvalue weighted by Gasteiger charge is 2.92. The van der Waals surface area contributed by atoms with Gasteiger partial charge in [0, 0.05) is 64.7 Å². The molecule has 0 amide bonds. The van der Waals surface area contributed by atoms with E-state index in [2.05, 4.69) is 83.1 Å². The highest BCUT2D eigenvalue weighted by Crippen LogP contribution is 3.07. The minimum absolute atomic E-state index is 0.126. The number of hydrogen-bond acceptors (Lipinski definition) is 18. The van der Waals surface area contributed by atoms with Crippen LogP contribution in [0.2, 0.25) is 0 Å². The van der Waals surface area contributed by atoms with Crippen molar-refractivity contribution in [3.05, 3.63) is 0 Å². The molecule has 7 saturated carbocycles. The highest BCUT2D eigenvalue weighted by molar-refractivity contribution is 9.42. The third kappa shape index (κ3) is 8.65. The zero-order valence-electron chi connectivity index (χ0n) is 47.2. The molecule has 9 nitrogen and oxygen atoms in total. The third-order valence-corrected chi connectivity index (χ3v) is 76.3. The molecule has 13 atom stereocenters. The lowest BCUT2D eigenvalue weighted by Gasteiger charge is -2.78. The fraction of sp³-hybridized carbons (Fsp3) is 1.00. The second-order valence-electron chi connectivity index (χ2n) is 22.4. The molecule has 7 aliphatic carbocycles. The molecule has 24 heteroatoms. The molecular formula is C50H100O9S12Si3. The van der Waals surface area contributed by atoms with Gasteiger partial charge in [0.15, 0.2) is 0 Å². The lowest BCUT2D eigenvalue weighted by atomic mass is 9.80. The van der Waals surface area contributed by atoms with E-state index in [0.717, 1.165) is 96.3 Å². The second-order valence-corrected chi connectivity index (χ2v) is 57.3. The van der Waals surface area contributed by atoms with Crippen molar-refractivity contribution < 1.29 is 39.8 Å². The normalized spacial score (nSPS) is 40.6. The standard InChI is InChI=1S/C50H100O9S12Si3/c1-13-44-31-27-40(34-44)37-48(44,72(51-16-4,52-17-5)53-18-6)69(63,66-60)43-26-25-30-47(43,70(64,67-61)49(38-41-28-32-45(49,14-2)35-41)73(54-19-7,55-20-8)56-21-9)71(65,68-62)50(39-42-29-33-46(50,15-3)36-42)74(57-22-10,58-23-11)59-24-12/h40-43,60-65H,13-39H2,1-12H3. The van der Waals surface area contributed by atoms with E-state index in [4.69, 9.17) is 110 Å². The quantitative estimate of drug-likeness (QED) is 0.0215. The molecule has 0 aromatic heterocycles. The summed E-state index contributed by atoms with van der Waals surface area (Å²) in [6.07, 6.45) is 18.3. The molecule has 0 spiro atoms. The van der Waals surface area contributed by atoms with Gasteiger partial charge in [0.1, 0.15) is 0 Å². The summed E-state index contributed by atoms with van der Waals surface area (Å²) in [6.45, 7) is 30.8. The lowest BCUT2D eigenvalue weighted by Crippen LogP contribution is -2.77. The van der Waals surface area contributed by atoms with Crippen molar-refractivity contribution in [2.45, 2.75) is 221 Å². The van der Waals surface area contributed by atoms with Crippen LogP contribution in [-0.2, 0) is 39.8 Å². The van der Waals surface area contributed by atoms with Gasteiger partial charge in [0.2, 0.25) is 0 Å². The van der Waals surface area contributed by atoms with E-state index < -0.39 is 67.9 Å². The average molecular weight is 1310 g/mol. The summed E-state index contributed by atoms with van der Waals surface area (Å²) in [5, 5.41) is -0.126. The summed E-state index contributed by atoms with van der Waals surface area (Å²) in [5.74, 6) is 1.40. The van der Waals surface area contributed by atoms with Gasteiger partial charge < -0.3 is 39.8 Å². The Labute approximate surface area is 499 Å². The molecule has 74 heavy (non-hydrogen) atoms. The van der Waals surface area contributed by atoms with Crippen LogP contribution in [0.4, 0.5) is 0 Å². The minimum Gasteiger partial charge on any atom is -0.373 e. The Bertz CT molecular complexity index is 1770. The zero-order valence-corrected chi connectivity index (χ0v) is 60.5. The summed E-state index contributed by atoms with van der Waals surface area (Å²) in [4.78, 5) is 0. The Balaban J connectivity index is 1.78. The van der Waals surface area contributed by atoms with Gasteiger partial charge in [-0.3, -0.25) is 0 Å². The monoisotopic (exact) mass is 1310 g/mol. The van der Waals surface area contributed by atoms with E-state index in [0.29, 0.717) is 77.2 Å². The highest BCUT2D eigenvalue weighted by atomic mass is 33.7. The van der Waals surface area contributed by atoms with E-state index >= 15 is 0 Å². The van der Waals surface area contributed by atoms with Gasteiger partial charge in [-0.25, -0.2) is 0 Å². The Morgan fingerprint density at radius 2 is 0.676 bits per heavy atom. The van der Waals surface area contributed by atoms with Crippen LogP contribution in [-0.4, -0.2) is 108 Å². The van der Waals surface area contributed by atoms with E-state index in [-0.39, 0.29) is 21.5 Å². The van der Waals surface area contributed by atoms with Crippen molar-refractivity contribution in [3.63, 3.8) is 0 Å². The maximum absolute atomic E-state index is 7.62. The summed E-state index contributed by atoms with van der Waals surface area (Å²) < 4.78 is 65.5. The predicted octanol–water partition coefficient (Wildman–Crippen LogP) is 17.4.